The summed E-state index contributed by atoms with van der Waals surface area (Å²) >= 11 is 0. The summed E-state index contributed by atoms with van der Waals surface area (Å²) in [5.74, 6) is 0.565. The second-order valence-corrected chi connectivity index (χ2v) is 4.36. The standard InChI is InChI=1S/C15H20N2O2/c1-4-11(5-2)15(18)17-14(10-16)12-7-6-8-13(9-12)19-3/h6-9,11,14H,4-5H2,1-3H3,(H,17,18). The summed E-state index contributed by atoms with van der Waals surface area (Å²) in [6, 6.07) is 8.67. The maximum absolute atomic E-state index is 12.0. The lowest BCUT2D eigenvalue weighted by Gasteiger charge is -2.17. The van der Waals surface area contributed by atoms with E-state index in [2.05, 4.69) is 11.4 Å². The predicted molar refractivity (Wildman–Crippen MR) is 73.6 cm³/mol. The van der Waals surface area contributed by atoms with Crippen molar-refractivity contribution < 1.29 is 9.53 Å². The Hall–Kier alpha value is -2.02. The topological polar surface area (TPSA) is 62.1 Å². The summed E-state index contributed by atoms with van der Waals surface area (Å²) < 4.78 is 5.12. The molecule has 1 atom stereocenters. The Bertz CT molecular complexity index is 461. The molecule has 1 unspecified atom stereocenters. The van der Waals surface area contributed by atoms with Crippen molar-refractivity contribution in [2.24, 2.45) is 5.92 Å². The Morgan fingerprint density at radius 2 is 2.11 bits per heavy atom. The number of amides is 1. The highest BCUT2D eigenvalue weighted by molar-refractivity contribution is 5.79. The quantitative estimate of drug-likeness (QED) is 0.855. The number of benzene rings is 1. The monoisotopic (exact) mass is 260 g/mol. The molecule has 0 fully saturated rings. The number of carbonyl (C=O) groups excluding carboxylic acids is 1. The third-order valence-electron chi connectivity index (χ3n) is 3.20. The molecule has 0 radical (unpaired) electrons. The molecular formula is C15H20N2O2. The summed E-state index contributed by atoms with van der Waals surface area (Å²) in [6.07, 6.45) is 1.55. The summed E-state index contributed by atoms with van der Waals surface area (Å²) in [5.41, 5.74) is 0.737. The molecule has 102 valence electrons. The molecule has 4 nitrogen and oxygen atoms in total. The molecule has 0 saturated carbocycles. The van der Waals surface area contributed by atoms with Crippen molar-refractivity contribution in [3.8, 4) is 11.8 Å². The Labute approximate surface area is 114 Å². The Morgan fingerprint density at radius 1 is 1.42 bits per heavy atom. The normalized spacial score (nSPS) is 11.7. The summed E-state index contributed by atoms with van der Waals surface area (Å²) in [6.45, 7) is 3.95. The number of ether oxygens (including phenoxy) is 1. The van der Waals surface area contributed by atoms with E-state index in [-0.39, 0.29) is 11.8 Å². The van der Waals surface area contributed by atoms with Crippen molar-refractivity contribution in [1.82, 2.24) is 5.32 Å². The number of carbonyl (C=O) groups is 1. The smallest absolute Gasteiger partial charge is 0.224 e. The van der Waals surface area contributed by atoms with Crippen LogP contribution in [0.25, 0.3) is 0 Å². The zero-order valence-corrected chi connectivity index (χ0v) is 11.6. The van der Waals surface area contributed by atoms with Gasteiger partial charge in [0.05, 0.1) is 13.2 Å². The number of nitrogens with zero attached hydrogens (tertiary/aromatic N) is 1. The van der Waals surface area contributed by atoms with E-state index in [0.717, 1.165) is 18.4 Å². The summed E-state index contributed by atoms with van der Waals surface area (Å²) in [7, 11) is 1.57. The van der Waals surface area contributed by atoms with Crippen molar-refractivity contribution in [2.45, 2.75) is 32.7 Å². The van der Waals surface area contributed by atoms with Crippen LogP contribution in [0.1, 0.15) is 38.3 Å². The van der Waals surface area contributed by atoms with Crippen molar-refractivity contribution in [3.05, 3.63) is 29.8 Å². The van der Waals surface area contributed by atoms with E-state index in [4.69, 9.17) is 4.74 Å². The number of nitriles is 1. The fourth-order valence-electron chi connectivity index (χ4n) is 1.93. The molecule has 1 amide bonds. The lowest BCUT2D eigenvalue weighted by Crippen LogP contribution is -2.33. The van der Waals surface area contributed by atoms with Crippen molar-refractivity contribution >= 4 is 5.91 Å². The molecule has 4 heteroatoms. The van der Waals surface area contributed by atoms with Crippen LogP contribution in [0.5, 0.6) is 5.75 Å². The molecule has 0 spiro atoms. The lowest BCUT2D eigenvalue weighted by atomic mass is 10.0. The molecule has 1 aromatic carbocycles. The molecule has 0 aliphatic carbocycles. The molecule has 0 saturated heterocycles. The highest BCUT2D eigenvalue weighted by Gasteiger charge is 2.19. The maximum Gasteiger partial charge on any atom is 0.224 e. The Kier molecular flexibility index (Phi) is 5.87. The van der Waals surface area contributed by atoms with E-state index in [1.165, 1.54) is 0 Å². The van der Waals surface area contributed by atoms with Gasteiger partial charge in [-0.1, -0.05) is 26.0 Å². The van der Waals surface area contributed by atoms with Gasteiger partial charge in [-0.15, -0.1) is 0 Å². The Balaban J connectivity index is 2.83. The van der Waals surface area contributed by atoms with Crippen molar-refractivity contribution in [3.63, 3.8) is 0 Å². The first-order valence-electron chi connectivity index (χ1n) is 6.50. The average molecular weight is 260 g/mol. The van der Waals surface area contributed by atoms with Crippen LogP contribution in [0, 0.1) is 17.2 Å². The fourth-order valence-corrected chi connectivity index (χ4v) is 1.93. The number of methoxy groups -OCH3 is 1. The zero-order valence-electron chi connectivity index (χ0n) is 11.6. The van der Waals surface area contributed by atoms with Gasteiger partial charge < -0.3 is 10.1 Å². The van der Waals surface area contributed by atoms with Gasteiger partial charge >= 0.3 is 0 Å². The zero-order chi connectivity index (χ0) is 14.3. The second-order valence-electron chi connectivity index (χ2n) is 4.36. The average Bonchev–Trinajstić information content (AvgIpc) is 2.46. The van der Waals surface area contributed by atoms with E-state index >= 15 is 0 Å². The molecule has 0 aliphatic rings. The van der Waals surface area contributed by atoms with Crippen LogP contribution < -0.4 is 10.1 Å². The molecule has 1 N–H and O–H groups in total. The van der Waals surface area contributed by atoms with Crippen LogP contribution in [0.2, 0.25) is 0 Å². The highest BCUT2D eigenvalue weighted by Crippen LogP contribution is 2.19. The minimum Gasteiger partial charge on any atom is -0.497 e. The van der Waals surface area contributed by atoms with E-state index in [1.807, 2.05) is 26.0 Å². The van der Waals surface area contributed by atoms with Gasteiger partial charge in [-0.05, 0) is 30.5 Å². The fraction of sp³-hybridized carbons (Fsp3) is 0.467. The molecule has 19 heavy (non-hydrogen) atoms. The van der Waals surface area contributed by atoms with Crippen LogP contribution in [0.4, 0.5) is 0 Å². The molecule has 1 rings (SSSR count). The predicted octanol–water partition coefficient (Wildman–Crippen LogP) is 2.81. The van der Waals surface area contributed by atoms with Gasteiger partial charge in [-0.2, -0.15) is 5.26 Å². The summed E-state index contributed by atoms with van der Waals surface area (Å²) in [5, 5.41) is 12.0. The lowest BCUT2D eigenvalue weighted by molar-refractivity contribution is -0.125. The van der Waals surface area contributed by atoms with Gasteiger partial charge in [-0.25, -0.2) is 0 Å². The van der Waals surface area contributed by atoms with Gasteiger partial charge in [0, 0.05) is 5.92 Å². The minimum atomic E-state index is -0.636. The van der Waals surface area contributed by atoms with Gasteiger partial charge in [0.25, 0.3) is 0 Å². The number of rotatable bonds is 6. The van der Waals surface area contributed by atoms with Crippen LogP contribution in [-0.2, 0) is 4.79 Å². The SMILES string of the molecule is CCC(CC)C(=O)NC(C#N)c1cccc(OC)c1. The Morgan fingerprint density at radius 3 is 2.63 bits per heavy atom. The van der Waals surface area contributed by atoms with Crippen LogP contribution >= 0.6 is 0 Å². The first-order chi connectivity index (χ1) is 9.15. The molecular weight excluding hydrogens is 240 g/mol. The second kappa shape index (κ2) is 7.42. The first-order valence-corrected chi connectivity index (χ1v) is 6.50. The third-order valence-corrected chi connectivity index (χ3v) is 3.20. The molecule has 0 aromatic heterocycles. The van der Waals surface area contributed by atoms with Gasteiger partial charge in [0.15, 0.2) is 0 Å². The number of nitrogens with one attached hydrogen (secondary N) is 1. The van der Waals surface area contributed by atoms with Gasteiger partial charge in [0.2, 0.25) is 5.91 Å². The molecule has 0 heterocycles. The number of hydrogen-bond acceptors (Lipinski definition) is 3. The van der Waals surface area contributed by atoms with E-state index in [0.29, 0.717) is 5.75 Å². The third kappa shape index (κ3) is 3.99. The molecule has 0 bridgehead atoms. The summed E-state index contributed by atoms with van der Waals surface area (Å²) in [4.78, 5) is 12.0. The van der Waals surface area contributed by atoms with E-state index in [9.17, 15) is 10.1 Å². The van der Waals surface area contributed by atoms with Crippen LogP contribution in [-0.4, -0.2) is 13.0 Å². The molecule has 0 aliphatic heterocycles. The minimum absolute atomic E-state index is 0.0403. The largest absolute Gasteiger partial charge is 0.497 e. The first kappa shape index (κ1) is 15.0. The highest BCUT2D eigenvalue weighted by atomic mass is 16.5. The van der Waals surface area contributed by atoms with Crippen LogP contribution in [0.15, 0.2) is 24.3 Å². The maximum atomic E-state index is 12.0. The number of hydrogen-bond donors (Lipinski definition) is 1. The van der Waals surface area contributed by atoms with Crippen LogP contribution in [0.3, 0.4) is 0 Å². The van der Waals surface area contributed by atoms with Crippen molar-refractivity contribution in [2.75, 3.05) is 7.11 Å². The van der Waals surface area contributed by atoms with Crippen molar-refractivity contribution in [1.29, 1.82) is 5.26 Å². The van der Waals surface area contributed by atoms with Gasteiger partial charge in [0.1, 0.15) is 11.8 Å². The molecule has 1 aromatic rings. The van der Waals surface area contributed by atoms with Gasteiger partial charge in [-0.3, -0.25) is 4.79 Å². The van der Waals surface area contributed by atoms with E-state index in [1.54, 1.807) is 19.2 Å². The van der Waals surface area contributed by atoms with E-state index < -0.39 is 6.04 Å².